The molecule has 158 valence electrons. The summed E-state index contributed by atoms with van der Waals surface area (Å²) in [5.74, 6) is -4.65. The van der Waals surface area contributed by atoms with Gasteiger partial charge in [0.2, 0.25) is 6.41 Å². The fourth-order valence-electron chi connectivity index (χ4n) is 3.73. The van der Waals surface area contributed by atoms with E-state index in [0.29, 0.717) is 24.1 Å². The molecule has 0 aliphatic rings. The molecular formula is C21H14F3N3O4. The van der Waals surface area contributed by atoms with Crippen molar-refractivity contribution in [2.24, 2.45) is 0 Å². The lowest BCUT2D eigenvalue weighted by atomic mass is 10.0. The van der Waals surface area contributed by atoms with E-state index in [1.807, 2.05) is 0 Å². The largest absolute Gasteiger partial charge is 0.506 e. The van der Waals surface area contributed by atoms with Crippen molar-refractivity contribution >= 4 is 39.9 Å². The number of carbonyl (C=O) groups is 2. The summed E-state index contributed by atoms with van der Waals surface area (Å²) in [5, 5.41) is 22.6. The van der Waals surface area contributed by atoms with Gasteiger partial charge in [-0.25, -0.2) is 13.2 Å². The van der Waals surface area contributed by atoms with Crippen LogP contribution < -0.4 is 5.32 Å². The number of aliphatic carboxylic acids is 1. The molecule has 3 N–H and O–H groups in total. The summed E-state index contributed by atoms with van der Waals surface area (Å²) in [5.41, 5.74) is 0.615. The molecule has 2 aromatic carbocycles. The average molecular weight is 429 g/mol. The minimum atomic E-state index is -1.14. The van der Waals surface area contributed by atoms with Gasteiger partial charge >= 0.3 is 5.97 Å². The normalized spacial score (nSPS) is 11.2. The maximum Gasteiger partial charge on any atom is 0.307 e. The van der Waals surface area contributed by atoms with Gasteiger partial charge < -0.3 is 20.1 Å². The Kier molecular flexibility index (Phi) is 4.97. The standard InChI is InChI=1S/C21H14F3N3O4/c22-11-4-13(23)12(14(24)5-11)8-27-15-2-1-10(3-18(30)31)21(26-9-28)20(15)19-16(27)6-25-7-17(19)29/h1-2,4-7,9,29H,3,8H2,(H,26,28)(H,30,31). The van der Waals surface area contributed by atoms with Crippen LogP contribution in [0, 0.1) is 17.5 Å². The number of pyridine rings is 1. The monoisotopic (exact) mass is 429 g/mol. The van der Waals surface area contributed by atoms with Gasteiger partial charge in [-0.3, -0.25) is 14.6 Å². The van der Waals surface area contributed by atoms with Crippen molar-refractivity contribution in [1.82, 2.24) is 9.55 Å². The van der Waals surface area contributed by atoms with E-state index in [2.05, 4.69) is 10.3 Å². The summed E-state index contributed by atoms with van der Waals surface area (Å²) in [6, 6.07) is 4.10. The number of nitrogens with zero attached hydrogens (tertiary/aromatic N) is 2. The molecule has 0 saturated heterocycles. The molecule has 0 spiro atoms. The number of hydrogen-bond donors (Lipinski definition) is 3. The molecule has 0 saturated carbocycles. The number of carbonyl (C=O) groups excluding carboxylic acids is 1. The zero-order valence-electron chi connectivity index (χ0n) is 15.7. The summed E-state index contributed by atoms with van der Waals surface area (Å²) < 4.78 is 43.4. The van der Waals surface area contributed by atoms with Gasteiger partial charge in [-0.1, -0.05) is 6.07 Å². The van der Waals surface area contributed by atoms with E-state index in [1.54, 1.807) is 0 Å². The molecule has 2 aromatic heterocycles. The van der Waals surface area contributed by atoms with E-state index in [4.69, 9.17) is 0 Å². The first-order valence-corrected chi connectivity index (χ1v) is 8.98. The Bertz CT molecular complexity index is 1340. The van der Waals surface area contributed by atoms with Crippen LogP contribution in [0.2, 0.25) is 0 Å². The van der Waals surface area contributed by atoms with Gasteiger partial charge in [0.15, 0.2) is 0 Å². The van der Waals surface area contributed by atoms with Gasteiger partial charge in [0, 0.05) is 23.1 Å². The SMILES string of the molecule is O=CNc1c(CC(=O)O)ccc2c1c1c(O)cncc1n2Cc1c(F)cc(F)cc1F. The van der Waals surface area contributed by atoms with Crippen LogP contribution >= 0.6 is 0 Å². The molecule has 0 bridgehead atoms. The Balaban J connectivity index is 2.07. The predicted octanol–water partition coefficient (Wildman–Crippen LogP) is 3.56. The van der Waals surface area contributed by atoms with E-state index < -0.39 is 35.4 Å². The first kappa shape index (κ1) is 20.2. The third-order valence-corrected chi connectivity index (χ3v) is 4.97. The predicted molar refractivity (Wildman–Crippen MR) is 105 cm³/mol. The van der Waals surface area contributed by atoms with Gasteiger partial charge in [0.1, 0.15) is 23.2 Å². The third-order valence-electron chi connectivity index (χ3n) is 4.97. The van der Waals surface area contributed by atoms with Gasteiger partial charge in [0.05, 0.1) is 47.5 Å². The molecule has 2 heterocycles. The van der Waals surface area contributed by atoms with Gasteiger partial charge in [0.25, 0.3) is 0 Å². The second-order valence-corrected chi connectivity index (χ2v) is 6.81. The van der Waals surface area contributed by atoms with E-state index in [-0.39, 0.29) is 39.8 Å². The summed E-state index contributed by atoms with van der Waals surface area (Å²) in [4.78, 5) is 26.4. The molecule has 0 fully saturated rings. The molecule has 4 aromatic rings. The summed E-state index contributed by atoms with van der Waals surface area (Å²) in [7, 11) is 0. The highest BCUT2D eigenvalue weighted by Crippen LogP contribution is 2.40. The molecule has 4 rings (SSSR count). The molecule has 7 nitrogen and oxygen atoms in total. The summed E-state index contributed by atoms with van der Waals surface area (Å²) >= 11 is 0. The molecular weight excluding hydrogens is 415 g/mol. The number of nitrogens with one attached hydrogen (secondary N) is 1. The molecule has 0 unspecified atom stereocenters. The van der Waals surface area contributed by atoms with Crippen LogP contribution in [0.5, 0.6) is 5.75 Å². The number of carboxylic acids is 1. The van der Waals surface area contributed by atoms with Crippen LogP contribution in [0.1, 0.15) is 11.1 Å². The van der Waals surface area contributed by atoms with Crippen LogP contribution in [0.25, 0.3) is 21.8 Å². The molecule has 0 aliphatic carbocycles. The van der Waals surface area contributed by atoms with Gasteiger partial charge in [-0.2, -0.15) is 0 Å². The minimum absolute atomic E-state index is 0.139. The fourth-order valence-corrected chi connectivity index (χ4v) is 3.73. The number of aromatic hydroxyl groups is 1. The van der Waals surface area contributed by atoms with E-state index in [9.17, 15) is 33.0 Å². The highest BCUT2D eigenvalue weighted by Gasteiger charge is 2.22. The number of aromatic nitrogens is 2. The van der Waals surface area contributed by atoms with Crippen LogP contribution in [-0.4, -0.2) is 32.1 Å². The van der Waals surface area contributed by atoms with Crippen LogP contribution in [0.15, 0.2) is 36.7 Å². The minimum Gasteiger partial charge on any atom is -0.506 e. The lowest BCUT2D eigenvalue weighted by Gasteiger charge is -2.12. The van der Waals surface area contributed by atoms with Crippen molar-refractivity contribution in [3.8, 4) is 5.75 Å². The van der Waals surface area contributed by atoms with Gasteiger partial charge in [-0.15, -0.1) is 0 Å². The molecule has 0 aliphatic heterocycles. The Hall–Kier alpha value is -4.08. The smallest absolute Gasteiger partial charge is 0.307 e. The first-order valence-electron chi connectivity index (χ1n) is 8.98. The topological polar surface area (TPSA) is 104 Å². The number of fused-ring (bicyclic) bond motifs is 3. The Morgan fingerprint density at radius 2 is 1.81 bits per heavy atom. The summed E-state index contributed by atoms with van der Waals surface area (Å²) in [6.07, 6.45) is 2.46. The van der Waals surface area contributed by atoms with E-state index in [0.717, 1.165) is 6.20 Å². The molecule has 0 radical (unpaired) electrons. The number of rotatable bonds is 6. The number of anilines is 1. The second-order valence-electron chi connectivity index (χ2n) is 6.81. The molecule has 0 atom stereocenters. The quantitative estimate of drug-likeness (QED) is 0.407. The van der Waals surface area contributed by atoms with Crippen LogP contribution in [0.4, 0.5) is 18.9 Å². The average Bonchev–Trinajstić information content (AvgIpc) is 3.01. The Labute approximate surface area is 172 Å². The second kappa shape index (κ2) is 7.63. The lowest BCUT2D eigenvalue weighted by molar-refractivity contribution is -0.136. The maximum absolute atomic E-state index is 14.3. The molecule has 31 heavy (non-hydrogen) atoms. The van der Waals surface area contributed by atoms with E-state index >= 15 is 0 Å². The van der Waals surface area contributed by atoms with Crippen molar-refractivity contribution in [3.05, 3.63) is 65.2 Å². The highest BCUT2D eigenvalue weighted by molar-refractivity contribution is 6.18. The van der Waals surface area contributed by atoms with E-state index in [1.165, 1.54) is 22.9 Å². The third kappa shape index (κ3) is 3.41. The highest BCUT2D eigenvalue weighted by atomic mass is 19.1. The number of benzene rings is 2. The molecule has 10 heteroatoms. The summed E-state index contributed by atoms with van der Waals surface area (Å²) in [6.45, 7) is -0.373. The van der Waals surface area contributed by atoms with Crippen molar-refractivity contribution < 1.29 is 33.0 Å². The number of hydrogen-bond acceptors (Lipinski definition) is 4. The lowest BCUT2D eigenvalue weighted by Crippen LogP contribution is -2.07. The van der Waals surface area contributed by atoms with Crippen molar-refractivity contribution in [1.29, 1.82) is 0 Å². The zero-order chi connectivity index (χ0) is 22.3. The fraction of sp³-hybridized carbons (Fsp3) is 0.0952. The van der Waals surface area contributed by atoms with Crippen molar-refractivity contribution in [2.75, 3.05) is 5.32 Å². The zero-order valence-corrected chi connectivity index (χ0v) is 15.7. The number of halogens is 3. The number of carboxylic acid groups (broad SMARTS) is 1. The Morgan fingerprint density at radius 3 is 2.45 bits per heavy atom. The van der Waals surface area contributed by atoms with Gasteiger partial charge in [-0.05, 0) is 11.6 Å². The number of amides is 1. The van der Waals surface area contributed by atoms with Crippen LogP contribution in [0.3, 0.4) is 0 Å². The van der Waals surface area contributed by atoms with Crippen molar-refractivity contribution in [2.45, 2.75) is 13.0 Å². The van der Waals surface area contributed by atoms with Crippen LogP contribution in [-0.2, 0) is 22.6 Å². The van der Waals surface area contributed by atoms with Crippen molar-refractivity contribution in [3.63, 3.8) is 0 Å². The molecule has 1 amide bonds. The maximum atomic E-state index is 14.3. The Morgan fingerprint density at radius 1 is 1.10 bits per heavy atom. The first-order chi connectivity index (χ1) is 14.8.